The number of hydrogen-bond acceptors (Lipinski definition) is 4. The summed E-state index contributed by atoms with van der Waals surface area (Å²) in [6, 6.07) is 6.42. The smallest absolute Gasteiger partial charge is 0.237 e. The molecule has 3 unspecified atom stereocenters. The molecule has 2 aliphatic rings. The molecule has 1 aliphatic heterocycles. The molecule has 2 fully saturated rings. The Morgan fingerprint density at radius 3 is 2.75 bits per heavy atom. The largest absolute Gasteiger partial charge is 0.493 e. The first-order valence-corrected chi connectivity index (χ1v) is 8.96. The van der Waals surface area contributed by atoms with Gasteiger partial charge in [0.1, 0.15) is 0 Å². The van der Waals surface area contributed by atoms with Crippen molar-refractivity contribution in [3.8, 4) is 11.5 Å². The average molecular weight is 332 g/mol. The summed E-state index contributed by atoms with van der Waals surface area (Å²) in [7, 11) is 3.26. The highest BCUT2D eigenvalue weighted by molar-refractivity contribution is 5.82. The second-order valence-electron chi connectivity index (χ2n) is 6.84. The lowest BCUT2D eigenvalue weighted by Gasteiger charge is -2.24. The fourth-order valence-corrected chi connectivity index (χ4v) is 4.01. The number of fused-ring (bicyclic) bond motifs is 1. The van der Waals surface area contributed by atoms with Gasteiger partial charge in [-0.3, -0.25) is 4.79 Å². The summed E-state index contributed by atoms with van der Waals surface area (Å²) in [5.74, 6) is 2.29. The van der Waals surface area contributed by atoms with Gasteiger partial charge in [0.05, 0.1) is 20.3 Å². The van der Waals surface area contributed by atoms with Crippen molar-refractivity contribution >= 4 is 5.91 Å². The van der Waals surface area contributed by atoms with Gasteiger partial charge in [-0.1, -0.05) is 18.9 Å². The molecule has 1 heterocycles. The molecule has 1 aliphatic carbocycles. The number of carbonyl (C=O) groups is 1. The minimum absolute atomic E-state index is 0.0106. The van der Waals surface area contributed by atoms with E-state index >= 15 is 0 Å². The maximum Gasteiger partial charge on any atom is 0.237 e. The first-order chi connectivity index (χ1) is 11.7. The molecule has 132 valence electrons. The van der Waals surface area contributed by atoms with Gasteiger partial charge in [0, 0.05) is 12.6 Å². The summed E-state index contributed by atoms with van der Waals surface area (Å²) in [5, 5.41) is 6.60. The van der Waals surface area contributed by atoms with Crippen LogP contribution in [0.1, 0.15) is 37.7 Å². The Kier molecular flexibility index (Phi) is 5.61. The molecule has 1 saturated carbocycles. The van der Waals surface area contributed by atoms with Crippen LogP contribution in [-0.2, 0) is 11.2 Å². The molecule has 0 spiro atoms. The average Bonchev–Trinajstić information content (AvgIpc) is 3.05. The van der Waals surface area contributed by atoms with Gasteiger partial charge in [-0.15, -0.1) is 0 Å². The molecular formula is C19H28N2O3. The minimum atomic E-state index is -0.0106. The van der Waals surface area contributed by atoms with Gasteiger partial charge in [-0.2, -0.15) is 0 Å². The number of ether oxygens (including phenoxy) is 2. The molecule has 3 rings (SSSR count). The van der Waals surface area contributed by atoms with Crippen LogP contribution in [0.4, 0.5) is 0 Å². The van der Waals surface area contributed by atoms with E-state index in [4.69, 9.17) is 9.47 Å². The predicted molar refractivity (Wildman–Crippen MR) is 93.5 cm³/mol. The van der Waals surface area contributed by atoms with Crippen molar-refractivity contribution in [3.05, 3.63) is 23.8 Å². The van der Waals surface area contributed by atoms with Crippen molar-refractivity contribution in [2.24, 2.45) is 5.92 Å². The van der Waals surface area contributed by atoms with Crippen molar-refractivity contribution in [3.63, 3.8) is 0 Å². The van der Waals surface area contributed by atoms with Crippen LogP contribution in [0.2, 0.25) is 0 Å². The van der Waals surface area contributed by atoms with Crippen molar-refractivity contribution < 1.29 is 14.3 Å². The molecule has 3 atom stereocenters. The molecule has 5 heteroatoms. The van der Waals surface area contributed by atoms with Crippen LogP contribution >= 0.6 is 0 Å². The van der Waals surface area contributed by atoms with Crippen LogP contribution in [0.15, 0.2) is 18.2 Å². The topological polar surface area (TPSA) is 59.6 Å². The zero-order chi connectivity index (χ0) is 16.9. The zero-order valence-electron chi connectivity index (χ0n) is 14.6. The first-order valence-electron chi connectivity index (χ1n) is 8.96. The van der Waals surface area contributed by atoms with Crippen molar-refractivity contribution in [1.82, 2.24) is 10.6 Å². The molecule has 0 aromatic heterocycles. The van der Waals surface area contributed by atoms with E-state index in [1.54, 1.807) is 14.2 Å². The van der Waals surface area contributed by atoms with E-state index in [1.165, 1.54) is 25.7 Å². The quantitative estimate of drug-likeness (QED) is 0.839. The van der Waals surface area contributed by atoms with E-state index in [-0.39, 0.29) is 11.9 Å². The van der Waals surface area contributed by atoms with Crippen LogP contribution < -0.4 is 20.1 Å². The Balaban J connectivity index is 1.47. The highest BCUT2D eigenvalue weighted by Crippen LogP contribution is 2.33. The van der Waals surface area contributed by atoms with E-state index < -0.39 is 0 Å². The number of rotatable bonds is 6. The molecule has 1 amide bonds. The van der Waals surface area contributed by atoms with E-state index in [1.807, 2.05) is 18.2 Å². The highest BCUT2D eigenvalue weighted by atomic mass is 16.5. The lowest BCUT2D eigenvalue weighted by atomic mass is 9.85. The van der Waals surface area contributed by atoms with Crippen LogP contribution in [0.25, 0.3) is 0 Å². The minimum Gasteiger partial charge on any atom is -0.493 e. The molecule has 1 aromatic rings. The van der Waals surface area contributed by atoms with Gasteiger partial charge in [-0.25, -0.2) is 0 Å². The van der Waals surface area contributed by atoms with E-state index in [0.717, 1.165) is 29.9 Å². The summed E-state index contributed by atoms with van der Waals surface area (Å²) < 4.78 is 10.6. The Morgan fingerprint density at radius 1 is 1.21 bits per heavy atom. The predicted octanol–water partition coefficient (Wildman–Crippen LogP) is 2.28. The van der Waals surface area contributed by atoms with Crippen LogP contribution in [0.3, 0.4) is 0 Å². The third-order valence-corrected chi connectivity index (χ3v) is 5.34. The Labute approximate surface area is 144 Å². The molecule has 1 saturated heterocycles. The Hall–Kier alpha value is -1.75. The zero-order valence-corrected chi connectivity index (χ0v) is 14.6. The lowest BCUT2D eigenvalue weighted by Crippen LogP contribution is -2.43. The van der Waals surface area contributed by atoms with E-state index in [0.29, 0.717) is 18.5 Å². The Bertz CT molecular complexity index is 562. The second-order valence-corrected chi connectivity index (χ2v) is 6.84. The van der Waals surface area contributed by atoms with Crippen molar-refractivity contribution in [2.75, 3.05) is 20.8 Å². The molecule has 0 radical (unpaired) electrons. The molecule has 1 aromatic carbocycles. The number of amides is 1. The molecule has 0 bridgehead atoms. The van der Waals surface area contributed by atoms with Gasteiger partial charge in [-0.05, 0) is 49.3 Å². The number of carbonyl (C=O) groups excluding carboxylic acids is 1. The number of methoxy groups -OCH3 is 2. The standard InChI is InChI=1S/C19H28N2O3/c1-23-17-8-7-13(11-18(17)24-2)9-10-20-19(22)16-12-14-5-3-4-6-15(14)21-16/h7-8,11,14-16,21H,3-6,9-10,12H2,1-2H3,(H,20,22). The van der Waals surface area contributed by atoms with E-state index in [9.17, 15) is 4.79 Å². The summed E-state index contributed by atoms with van der Waals surface area (Å²) in [4.78, 5) is 12.4. The number of benzene rings is 1. The molecule has 5 nitrogen and oxygen atoms in total. The summed E-state index contributed by atoms with van der Waals surface area (Å²) in [6.07, 6.45) is 6.88. The second kappa shape index (κ2) is 7.88. The maximum absolute atomic E-state index is 12.4. The van der Waals surface area contributed by atoms with Gasteiger partial charge < -0.3 is 20.1 Å². The number of hydrogen-bond donors (Lipinski definition) is 2. The molecule has 2 N–H and O–H groups in total. The van der Waals surface area contributed by atoms with Gasteiger partial charge in [0.15, 0.2) is 11.5 Å². The summed E-state index contributed by atoms with van der Waals surface area (Å²) in [6.45, 7) is 0.641. The lowest BCUT2D eigenvalue weighted by molar-refractivity contribution is -0.122. The normalized spacial score (nSPS) is 25.8. The Morgan fingerprint density at radius 2 is 2.00 bits per heavy atom. The monoisotopic (exact) mass is 332 g/mol. The van der Waals surface area contributed by atoms with Crippen LogP contribution in [0.5, 0.6) is 11.5 Å². The van der Waals surface area contributed by atoms with Crippen LogP contribution in [-0.4, -0.2) is 38.8 Å². The maximum atomic E-state index is 12.4. The van der Waals surface area contributed by atoms with E-state index in [2.05, 4.69) is 10.6 Å². The highest BCUT2D eigenvalue weighted by Gasteiger charge is 2.37. The third-order valence-electron chi connectivity index (χ3n) is 5.34. The van der Waals surface area contributed by atoms with Crippen molar-refractivity contribution in [1.29, 1.82) is 0 Å². The first kappa shape index (κ1) is 17.1. The number of nitrogens with one attached hydrogen (secondary N) is 2. The molecule has 24 heavy (non-hydrogen) atoms. The fourth-order valence-electron chi connectivity index (χ4n) is 4.01. The fraction of sp³-hybridized carbons (Fsp3) is 0.632. The third kappa shape index (κ3) is 3.83. The summed E-state index contributed by atoms with van der Waals surface area (Å²) in [5.41, 5.74) is 1.13. The van der Waals surface area contributed by atoms with Gasteiger partial charge in [0.25, 0.3) is 0 Å². The van der Waals surface area contributed by atoms with Crippen LogP contribution in [0, 0.1) is 5.92 Å². The SMILES string of the molecule is COc1ccc(CCNC(=O)C2CC3CCCCC3N2)cc1OC. The molecular weight excluding hydrogens is 304 g/mol. The van der Waals surface area contributed by atoms with Gasteiger partial charge >= 0.3 is 0 Å². The van der Waals surface area contributed by atoms with Crippen molar-refractivity contribution in [2.45, 2.75) is 50.6 Å². The van der Waals surface area contributed by atoms with Gasteiger partial charge in [0.2, 0.25) is 5.91 Å². The summed E-state index contributed by atoms with van der Waals surface area (Å²) >= 11 is 0.